The standard InChI is InChI=1S/C43H32N12O24S6/c1-18-38(43(59)54(53-18)20-2-5-22(6-3-20)80(62,63)64)51-49-30-15-29(19(17-56)12-33(30)82(68,69)70)48-52-39-35(84(74,75)76)14-25-23(40(39)57)7-11-28(42(25)85(77,78)79)47-50-31-16-32(81(65,66)67)24-8-10-27(41(58)36(24)37(31)44)46-45-26-9-4-21(55(60)61)13-34(26)83(71,72)73/h2-16,56-59H,17,44H2,1H3,(H,62,63,64)(H,65,66,67)(H,68,69,70)(H,71,72,73)(H,74,75,76)(H,77,78,79)/b46-45?,50-47?,51-49+,52-48?. The van der Waals surface area contributed by atoms with Crippen LogP contribution in [-0.2, 0) is 67.3 Å². The number of aromatic nitrogens is 2. The Morgan fingerprint density at radius 1 is 0.506 bits per heavy atom. The van der Waals surface area contributed by atoms with Crippen molar-refractivity contribution in [3.05, 3.63) is 112 Å². The SMILES string of the molecule is Cc1nn(-c2ccc(S(=O)(=O)O)cc2)c(O)c1/N=N/c1cc(N=Nc2c(S(=O)(=O)O)cc3c(S(=O)(=O)O)c(N=Nc4cc(S(=O)(=O)O)c5ccc(N=Nc6ccc([N+](=O)[O-])cc6S(=O)(=O)O)c(O)c5c4N)ccc3c2O)c(CO)cc1S(=O)(=O)O. The highest BCUT2D eigenvalue weighted by molar-refractivity contribution is 7.87. The number of aliphatic hydroxyl groups is 1. The van der Waals surface area contributed by atoms with Crippen molar-refractivity contribution < 1.29 is 103 Å². The van der Waals surface area contributed by atoms with E-state index in [1.54, 1.807) is 0 Å². The molecule has 1 heterocycles. The number of azo groups is 4. The molecule has 42 heteroatoms. The smallest absolute Gasteiger partial charge is 0.297 e. The van der Waals surface area contributed by atoms with Gasteiger partial charge in [-0.3, -0.25) is 37.4 Å². The third-order valence-corrected chi connectivity index (χ3v) is 17.0. The summed E-state index contributed by atoms with van der Waals surface area (Å²) in [7, 11) is -31.8. The first kappa shape index (κ1) is 61.8. The predicted molar refractivity (Wildman–Crippen MR) is 287 cm³/mol. The van der Waals surface area contributed by atoms with Crippen molar-refractivity contribution >= 4 is 139 Å². The van der Waals surface area contributed by atoms with Crippen LogP contribution in [0.2, 0.25) is 0 Å². The van der Waals surface area contributed by atoms with Gasteiger partial charge in [0, 0.05) is 33.9 Å². The molecule has 0 aliphatic heterocycles. The van der Waals surface area contributed by atoms with Gasteiger partial charge in [-0.25, -0.2) is 0 Å². The molecule has 0 saturated carbocycles. The summed E-state index contributed by atoms with van der Waals surface area (Å²) in [6.45, 7) is 0.175. The number of phenols is 2. The van der Waals surface area contributed by atoms with Gasteiger partial charge in [0.1, 0.15) is 58.6 Å². The number of nitrogens with two attached hydrogens (primary N) is 1. The average molecular weight is 1290 g/mol. The minimum absolute atomic E-state index is 0.0185. The maximum absolute atomic E-state index is 13.1. The van der Waals surface area contributed by atoms with Crippen LogP contribution in [0, 0.1) is 17.0 Å². The van der Waals surface area contributed by atoms with Gasteiger partial charge in [0.25, 0.3) is 66.4 Å². The topological polar surface area (TPSA) is 593 Å². The number of aryl methyl sites for hydroxylation is 1. The molecule has 8 rings (SSSR count). The lowest BCUT2D eigenvalue weighted by Crippen LogP contribution is -2.03. The first-order valence-electron chi connectivity index (χ1n) is 22.2. The first-order chi connectivity index (χ1) is 39.3. The summed E-state index contributed by atoms with van der Waals surface area (Å²) >= 11 is 0. The van der Waals surface area contributed by atoms with Crippen molar-refractivity contribution in [2.45, 2.75) is 42.9 Å². The molecule has 8 aromatic rings. The van der Waals surface area contributed by atoms with Crippen molar-refractivity contribution in [3.63, 3.8) is 0 Å². The van der Waals surface area contributed by atoms with Gasteiger partial charge >= 0.3 is 0 Å². The Kier molecular flexibility index (Phi) is 16.0. The molecule has 0 amide bonds. The Morgan fingerprint density at radius 3 is 1.60 bits per heavy atom. The number of fused-ring (bicyclic) bond motifs is 2. The Balaban J connectivity index is 1.23. The lowest BCUT2D eigenvalue weighted by molar-refractivity contribution is -0.385. The zero-order chi connectivity index (χ0) is 62.8. The quantitative estimate of drug-likeness (QED) is 0.0136. The minimum Gasteiger partial charge on any atom is -0.505 e. The molecule has 0 bridgehead atoms. The normalized spacial score (nSPS) is 13.2. The van der Waals surface area contributed by atoms with Crippen molar-refractivity contribution in [3.8, 4) is 23.1 Å². The second kappa shape index (κ2) is 22.0. The van der Waals surface area contributed by atoms with Crippen LogP contribution >= 0.6 is 0 Å². The van der Waals surface area contributed by atoms with Gasteiger partial charge in [0.15, 0.2) is 17.2 Å². The maximum atomic E-state index is 13.1. The van der Waals surface area contributed by atoms with E-state index in [1.165, 1.54) is 6.92 Å². The molecule has 0 unspecified atom stereocenters. The van der Waals surface area contributed by atoms with E-state index in [0.717, 1.165) is 59.3 Å². The van der Waals surface area contributed by atoms with Crippen molar-refractivity contribution in [1.29, 1.82) is 0 Å². The number of aromatic hydroxyl groups is 3. The first-order valence-corrected chi connectivity index (χ1v) is 30.8. The molecular formula is C43H32N12O24S6. The Bertz CT molecular complexity index is 5080. The van der Waals surface area contributed by atoms with Gasteiger partial charge in [-0.05, 0) is 79.7 Å². The number of anilines is 1. The maximum Gasteiger partial charge on any atom is 0.297 e. The van der Waals surface area contributed by atoms with Crippen molar-refractivity contribution in [1.82, 2.24) is 9.78 Å². The minimum atomic E-state index is -5.71. The number of nitro groups is 1. The van der Waals surface area contributed by atoms with Crippen LogP contribution in [0.4, 0.5) is 56.9 Å². The van der Waals surface area contributed by atoms with Gasteiger partial charge in [0.2, 0.25) is 5.88 Å². The van der Waals surface area contributed by atoms with E-state index in [2.05, 4.69) is 46.0 Å². The molecule has 0 atom stereocenters. The molecule has 0 radical (unpaired) electrons. The molecule has 444 valence electrons. The highest BCUT2D eigenvalue weighted by Gasteiger charge is 2.30. The van der Waals surface area contributed by atoms with Crippen LogP contribution in [0.15, 0.2) is 161 Å². The second-order valence-corrected chi connectivity index (χ2v) is 25.4. The van der Waals surface area contributed by atoms with Gasteiger partial charge in [-0.1, -0.05) is 6.07 Å². The zero-order valence-electron chi connectivity index (χ0n) is 41.5. The Hall–Kier alpha value is -9.31. The van der Waals surface area contributed by atoms with Crippen LogP contribution in [0.1, 0.15) is 11.3 Å². The molecule has 0 aliphatic rings. The Morgan fingerprint density at radius 2 is 1.02 bits per heavy atom. The fourth-order valence-electron chi connectivity index (χ4n) is 7.86. The summed E-state index contributed by atoms with van der Waals surface area (Å²) in [5.74, 6) is -3.17. The highest BCUT2D eigenvalue weighted by atomic mass is 32.2. The predicted octanol–water partition coefficient (Wildman–Crippen LogP) is 7.73. The van der Waals surface area contributed by atoms with Gasteiger partial charge < -0.3 is 26.2 Å². The van der Waals surface area contributed by atoms with E-state index in [0.29, 0.717) is 36.4 Å². The molecule has 85 heavy (non-hydrogen) atoms. The lowest BCUT2D eigenvalue weighted by atomic mass is 10.1. The third kappa shape index (κ3) is 12.5. The molecular weight excluding hydrogens is 1260 g/mol. The van der Waals surface area contributed by atoms with Gasteiger partial charge in [0.05, 0.1) is 44.6 Å². The number of rotatable bonds is 17. The molecule has 0 saturated heterocycles. The van der Waals surface area contributed by atoms with Gasteiger partial charge in [-0.15, -0.1) is 40.9 Å². The lowest BCUT2D eigenvalue weighted by Gasteiger charge is -2.13. The number of hydrogen-bond donors (Lipinski definition) is 11. The summed E-state index contributed by atoms with van der Waals surface area (Å²) in [4.78, 5) is 3.64. The summed E-state index contributed by atoms with van der Waals surface area (Å²) in [6.07, 6.45) is 0. The number of phenolic OH excluding ortho intramolecular Hbond substituents is 2. The summed E-state index contributed by atoms with van der Waals surface area (Å²) in [6, 6.07) is 11.7. The number of hydrogen-bond acceptors (Lipinski definition) is 28. The van der Waals surface area contributed by atoms with E-state index in [-0.39, 0.29) is 11.4 Å². The fourth-order valence-corrected chi connectivity index (χ4v) is 11.8. The largest absolute Gasteiger partial charge is 0.505 e. The van der Waals surface area contributed by atoms with Crippen LogP contribution in [-0.4, -0.2) is 113 Å². The molecule has 7 aromatic carbocycles. The van der Waals surface area contributed by atoms with Crippen LogP contribution < -0.4 is 5.73 Å². The number of non-ortho nitro benzene ring substituents is 1. The number of benzene rings is 7. The van der Waals surface area contributed by atoms with Crippen LogP contribution in [0.3, 0.4) is 0 Å². The number of nitrogen functional groups attached to an aromatic ring is 1. The van der Waals surface area contributed by atoms with Crippen molar-refractivity contribution in [2.24, 2.45) is 40.9 Å². The monoisotopic (exact) mass is 1290 g/mol. The zero-order valence-corrected chi connectivity index (χ0v) is 46.4. The van der Waals surface area contributed by atoms with E-state index in [1.807, 2.05) is 0 Å². The highest BCUT2D eigenvalue weighted by Crippen LogP contribution is 2.49. The Labute approximate surface area is 474 Å². The van der Waals surface area contributed by atoms with Gasteiger partial charge in [-0.2, -0.15) is 60.3 Å². The summed E-state index contributed by atoms with van der Waals surface area (Å²) in [5, 5.41) is 86.1. The van der Waals surface area contributed by atoms with E-state index >= 15 is 0 Å². The molecule has 0 spiro atoms. The molecule has 1 aromatic heterocycles. The van der Waals surface area contributed by atoms with E-state index in [9.17, 15) is 108 Å². The summed E-state index contributed by atoms with van der Waals surface area (Å²) in [5.41, 5.74) is -2.09. The van der Waals surface area contributed by atoms with Crippen LogP contribution in [0.25, 0.3) is 27.2 Å². The van der Waals surface area contributed by atoms with Crippen LogP contribution in [0.5, 0.6) is 17.4 Å². The average Bonchev–Trinajstić information content (AvgIpc) is 3.32. The fraction of sp³-hybridized carbons (Fsp3) is 0.0465. The number of nitro benzene ring substituents is 1. The third-order valence-electron chi connectivity index (χ3n) is 11.7. The molecule has 0 aliphatic carbocycles. The second-order valence-electron chi connectivity index (χ2n) is 17.1. The van der Waals surface area contributed by atoms with E-state index in [4.69, 9.17) is 5.73 Å². The number of nitrogens with zero attached hydrogens (tertiary/aromatic N) is 11. The van der Waals surface area contributed by atoms with E-state index < -0.39 is 203 Å². The summed E-state index contributed by atoms with van der Waals surface area (Å²) < 4.78 is 211. The number of aliphatic hydroxyl groups excluding tert-OH is 1. The van der Waals surface area contributed by atoms with Crippen molar-refractivity contribution in [2.75, 3.05) is 5.73 Å². The molecule has 12 N–H and O–H groups in total. The molecule has 36 nitrogen and oxygen atoms in total. The molecule has 0 fully saturated rings.